The average Bonchev–Trinajstić information content (AvgIpc) is 2.61. The number of carbonyl (C=O) groups is 1. The van der Waals surface area contributed by atoms with Gasteiger partial charge >= 0.3 is 0 Å². The van der Waals surface area contributed by atoms with E-state index in [2.05, 4.69) is 12.4 Å². The smallest absolute Gasteiger partial charge is 0.251 e. The van der Waals surface area contributed by atoms with Crippen molar-refractivity contribution in [3.63, 3.8) is 0 Å². The summed E-state index contributed by atoms with van der Waals surface area (Å²) in [4.78, 5) is 12.9. The first-order chi connectivity index (χ1) is 12.1. The number of hydrogen-bond donors (Lipinski definition) is 2. The van der Waals surface area contributed by atoms with Crippen LogP contribution in [0, 0.1) is 0 Å². The summed E-state index contributed by atoms with van der Waals surface area (Å²) < 4.78 is 11.2. The van der Waals surface area contributed by atoms with E-state index in [1.165, 1.54) is 10.5 Å². The quantitative estimate of drug-likeness (QED) is 0.852. The fourth-order valence-electron chi connectivity index (χ4n) is 2.94. The molecule has 2 N–H and O–H groups in total. The maximum absolute atomic E-state index is 11.6. The Kier molecular flexibility index (Phi) is 5.46. The van der Waals surface area contributed by atoms with Gasteiger partial charge in [-0.05, 0) is 24.3 Å². The predicted octanol–water partition coefficient (Wildman–Crippen LogP) is 1.69. The van der Waals surface area contributed by atoms with Crippen molar-refractivity contribution in [3.8, 4) is 11.5 Å². The maximum Gasteiger partial charge on any atom is 0.251 e. The summed E-state index contributed by atoms with van der Waals surface area (Å²) in [6, 6.07) is 11.6. The molecule has 5 nitrogen and oxygen atoms in total. The Labute approximate surface area is 152 Å². The minimum Gasteiger partial charge on any atom is -0.486 e. The van der Waals surface area contributed by atoms with Crippen LogP contribution in [0.4, 0.5) is 0 Å². The molecule has 0 spiro atoms. The first kappa shape index (κ1) is 17.6. The van der Waals surface area contributed by atoms with Crippen LogP contribution in [0.1, 0.15) is 21.5 Å². The van der Waals surface area contributed by atoms with E-state index >= 15 is 0 Å². The molecular weight excluding hydrogens is 340 g/mol. The predicted molar refractivity (Wildman–Crippen MR) is 96.6 cm³/mol. The van der Waals surface area contributed by atoms with Gasteiger partial charge in [0.15, 0.2) is 11.5 Å². The molecule has 0 fully saturated rings. The molecule has 3 rings (SSSR count). The largest absolute Gasteiger partial charge is 0.486 e. The van der Waals surface area contributed by atoms with Crippen molar-refractivity contribution in [3.05, 3.63) is 58.1 Å². The van der Waals surface area contributed by atoms with E-state index in [1.54, 1.807) is 7.05 Å². The normalized spacial score (nSPS) is 14.0. The number of fused-ring (bicyclic) bond motifs is 1. The van der Waals surface area contributed by atoms with Gasteiger partial charge in [0.25, 0.3) is 5.91 Å². The van der Waals surface area contributed by atoms with Crippen LogP contribution >= 0.6 is 11.6 Å². The highest BCUT2D eigenvalue weighted by Crippen LogP contribution is 2.38. The van der Waals surface area contributed by atoms with Crippen LogP contribution in [0.15, 0.2) is 36.4 Å². The van der Waals surface area contributed by atoms with Crippen molar-refractivity contribution in [2.24, 2.45) is 0 Å². The molecule has 0 saturated heterocycles. The number of rotatable bonds is 5. The molecule has 1 heterocycles. The third-order valence-corrected chi connectivity index (χ3v) is 4.39. The number of carbonyl (C=O) groups excluding carboxylic acids is 1. The summed E-state index contributed by atoms with van der Waals surface area (Å²) >= 11 is 6.30. The average molecular weight is 362 g/mol. The summed E-state index contributed by atoms with van der Waals surface area (Å²) in [5, 5.41) is 3.22. The number of hydrogen-bond acceptors (Lipinski definition) is 3. The van der Waals surface area contributed by atoms with Gasteiger partial charge in [-0.25, -0.2) is 0 Å². The number of benzene rings is 2. The molecular formula is C19H22ClN2O3+. The molecule has 1 amide bonds. The molecule has 25 heavy (non-hydrogen) atoms. The molecule has 1 unspecified atom stereocenters. The van der Waals surface area contributed by atoms with E-state index in [0.717, 1.165) is 24.4 Å². The Morgan fingerprint density at radius 3 is 2.52 bits per heavy atom. The molecule has 0 aromatic heterocycles. The topological polar surface area (TPSA) is 52.0 Å². The van der Waals surface area contributed by atoms with Gasteiger partial charge in [-0.3, -0.25) is 4.79 Å². The Balaban J connectivity index is 1.65. The lowest BCUT2D eigenvalue weighted by Crippen LogP contribution is -3.06. The second kappa shape index (κ2) is 7.76. The van der Waals surface area contributed by atoms with Crippen LogP contribution < -0.4 is 19.7 Å². The highest BCUT2D eigenvalue weighted by Gasteiger charge is 2.18. The lowest BCUT2D eigenvalue weighted by atomic mass is 10.1. The zero-order valence-electron chi connectivity index (χ0n) is 14.4. The zero-order valence-corrected chi connectivity index (χ0v) is 15.2. The van der Waals surface area contributed by atoms with Gasteiger partial charge in [-0.2, -0.15) is 0 Å². The van der Waals surface area contributed by atoms with E-state index in [9.17, 15) is 4.79 Å². The van der Waals surface area contributed by atoms with Crippen molar-refractivity contribution in [1.82, 2.24) is 5.32 Å². The SMILES string of the molecule is CNC(=O)c1ccc(C[NH+](C)Cc2cc(Cl)c3c(c2)OCCO3)cc1. The van der Waals surface area contributed by atoms with Crippen LogP contribution in [-0.4, -0.2) is 33.2 Å². The molecule has 132 valence electrons. The molecule has 0 radical (unpaired) electrons. The Hall–Kier alpha value is -2.24. The number of ether oxygens (including phenoxy) is 2. The third-order valence-electron chi connectivity index (χ3n) is 4.11. The van der Waals surface area contributed by atoms with Crippen LogP contribution in [0.2, 0.25) is 5.02 Å². The molecule has 0 aliphatic carbocycles. The number of amides is 1. The minimum atomic E-state index is -0.0711. The first-order valence-corrected chi connectivity index (χ1v) is 8.65. The standard InChI is InChI=1S/C19H21ClN2O3/c1-21-19(23)15-5-3-13(4-6-15)11-22(2)12-14-9-16(20)18-17(10-14)24-7-8-25-18/h3-6,9-10H,7-8,11-12H2,1-2H3,(H,21,23)/p+1. The molecule has 0 saturated carbocycles. The molecule has 0 bridgehead atoms. The van der Waals surface area contributed by atoms with Crippen molar-refractivity contribution in [2.45, 2.75) is 13.1 Å². The van der Waals surface area contributed by atoms with Gasteiger partial charge in [0, 0.05) is 23.7 Å². The molecule has 1 atom stereocenters. The van der Waals surface area contributed by atoms with E-state index in [4.69, 9.17) is 21.1 Å². The van der Waals surface area contributed by atoms with Crippen LogP contribution in [0.5, 0.6) is 11.5 Å². The molecule has 2 aromatic carbocycles. The fraction of sp³-hybridized carbons (Fsp3) is 0.316. The summed E-state index contributed by atoms with van der Waals surface area (Å²) in [5.41, 5.74) is 2.95. The monoisotopic (exact) mass is 361 g/mol. The van der Waals surface area contributed by atoms with Crippen molar-refractivity contribution in [1.29, 1.82) is 0 Å². The van der Waals surface area contributed by atoms with Gasteiger partial charge in [-0.1, -0.05) is 23.7 Å². The number of nitrogens with one attached hydrogen (secondary N) is 2. The van der Waals surface area contributed by atoms with Crippen LogP contribution in [-0.2, 0) is 13.1 Å². The van der Waals surface area contributed by atoms with Gasteiger partial charge in [0.1, 0.15) is 26.3 Å². The van der Waals surface area contributed by atoms with Crippen molar-refractivity contribution in [2.75, 3.05) is 27.3 Å². The molecule has 6 heteroatoms. The van der Waals surface area contributed by atoms with E-state index < -0.39 is 0 Å². The molecule has 1 aliphatic heterocycles. The Morgan fingerprint density at radius 2 is 1.80 bits per heavy atom. The molecule has 2 aromatic rings. The van der Waals surface area contributed by atoms with Gasteiger partial charge < -0.3 is 19.7 Å². The third kappa shape index (κ3) is 4.24. The van der Waals surface area contributed by atoms with Gasteiger partial charge in [0.2, 0.25) is 0 Å². The van der Waals surface area contributed by atoms with E-state index in [0.29, 0.717) is 29.5 Å². The Bertz CT molecular complexity index is 762. The molecule has 1 aliphatic rings. The highest BCUT2D eigenvalue weighted by molar-refractivity contribution is 6.32. The number of halogens is 1. The summed E-state index contributed by atoms with van der Waals surface area (Å²) in [5.74, 6) is 1.29. The fourth-order valence-corrected chi connectivity index (χ4v) is 3.23. The summed E-state index contributed by atoms with van der Waals surface area (Å²) in [6.07, 6.45) is 0. The highest BCUT2D eigenvalue weighted by atomic mass is 35.5. The summed E-state index contributed by atoms with van der Waals surface area (Å²) in [7, 11) is 3.75. The van der Waals surface area contributed by atoms with Crippen LogP contribution in [0.25, 0.3) is 0 Å². The summed E-state index contributed by atoms with van der Waals surface area (Å²) in [6.45, 7) is 2.74. The van der Waals surface area contributed by atoms with Crippen molar-refractivity contribution >= 4 is 17.5 Å². The lowest BCUT2D eigenvalue weighted by molar-refractivity contribution is -0.907. The number of quaternary nitrogens is 1. The maximum atomic E-state index is 11.6. The first-order valence-electron chi connectivity index (χ1n) is 8.27. The Morgan fingerprint density at radius 1 is 1.12 bits per heavy atom. The van der Waals surface area contributed by atoms with Gasteiger partial charge in [-0.15, -0.1) is 0 Å². The minimum absolute atomic E-state index is 0.0711. The van der Waals surface area contributed by atoms with E-state index in [1.807, 2.05) is 36.4 Å². The van der Waals surface area contributed by atoms with E-state index in [-0.39, 0.29) is 5.91 Å². The van der Waals surface area contributed by atoms with Gasteiger partial charge in [0.05, 0.1) is 12.1 Å². The van der Waals surface area contributed by atoms with Crippen molar-refractivity contribution < 1.29 is 19.2 Å². The van der Waals surface area contributed by atoms with Crippen LogP contribution in [0.3, 0.4) is 0 Å². The second-order valence-corrected chi connectivity index (χ2v) is 6.60. The lowest BCUT2D eigenvalue weighted by Gasteiger charge is -2.21. The zero-order chi connectivity index (χ0) is 17.8. The second-order valence-electron chi connectivity index (χ2n) is 6.19.